The molecule has 1 unspecified atom stereocenters. The first-order chi connectivity index (χ1) is 11.9. The van der Waals surface area contributed by atoms with Crippen molar-refractivity contribution in [3.63, 3.8) is 0 Å². The maximum absolute atomic E-state index is 12.7. The number of hydrogen-bond donors (Lipinski definition) is 1. The van der Waals surface area contributed by atoms with E-state index in [0.29, 0.717) is 39.1 Å². The summed E-state index contributed by atoms with van der Waals surface area (Å²) in [5.41, 5.74) is 3.31. The second-order valence-electron chi connectivity index (χ2n) is 7.57. The van der Waals surface area contributed by atoms with E-state index in [4.69, 9.17) is 4.74 Å². The lowest BCUT2D eigenvalue weighted by Crippen LogP contribution is -2.40. The molecule has 2 heterocycles. The number of aryl methyl sites for hydroxylation is 3. The number of carboxylic acids is 1. The molecule has 0 saturated carbocycles. The largest absolute Gasteiger partial charge is 0.481 e. The van der Waals surface area contributed by atoms with Gasteiger partial charge < -0.3 is 14.7 Å². The molecule has 3 rings (SSSR count). The number of benzene rings is 1. The summed E-state index contributed by atoms with van der Waals surface area (Å²) in [4.78, 5) is 26.2. The molecule has 1 spiro atoms. The quantitative estimate of drug-likeness (QED) is 0.911. The zero-order valence-electron chi connectivity index (χ0n) is 15.1. The molecule has 2 aliphatic rings. The molecule has 1 amide bonds. The lowest BCUT2D eigenvalue weighted by molar-refractivity contribution is -0.146. The Morgan fingerprint density at radius 2 is 2.00 bits per heavy atom. The average Bonchev–Trinajstić information content (AvgIpc) is 2.93. The van der Waals surface area contributed by atoms with Crippen molar-refractivity contribution in [1.29, 1.82) is 0 Å². The first kappa shape index (κ1) is 17.9. The molecule has 1 aromatic rings. The minimum Gasteiger partial charge on any atom is -0.481 e. The van der Waals surface area contributed by atoms with E-state index in [9.17, 15) is 14.7 Å². The van der Waals surface area contributed by atoms with Crippen LogP contribution in [0.3, 0.4) is 0 Å². The van der Waals surface area contributed by atoms with E-state index in [1.54, 1.807) is 4.90 Å². The molecule has 1 atom stereocenters. The molecule has 0 bridgehead atoms. The SMILES string of the molecule is Cc1ccc(CCC(=O)N2CC(C(=O)O)C3(CCOCC3)C2)c(C)c1. The Morgan fingerprint density at radius 1 is 1.28 bits per heavy atom. The Bertz CT molecular complexity index is 664. The topological polar surface area (TPSA) is 66.8 Å². The van der Waals surface area contributed by atoms with Crippen LogP contribution in [0.25, 0.3) is 0 Å². The first-order valence-electron chi connectivity index (χ1n) is 9.06. The van der Waals surface area contributed by atoms with Gasteiger partial charge in [-0.1, -0.05) is 23.8 Å². The second kappa shape index (κ2) is 7.16. The van der Waals surface area contributed by atoms with Crippen molar-refractivity contribution >= 4 is 11.9 Å². The van der Waals surface area contributed by atoms with Crippen LogP contribution in [-0.2, 0) is 20.7 Å². The van der Waals surface area contributed by atoms with Crippen LogP contribution in [-0.4, -0.2) is 48.2 Å². The van der Waals surface area contributed by atoms with Crippen molar-refractivity contribution < 1.29 is 19.4 Å². The van der Waals surface area contributed by atoms with Crippen LogP contribution in [0.2, 0.25) is 0 Å². The molecule has 0 radical (unpaired) electrons. The molecular weight excluding hydrogens is 318 g/mol. The summed E-state index contributed by atoms with van der Waals surface area (Å²) >= 11 is 0. The molecule has 5 heteroatoms. The van der Waals surface area contributed by atoms with Gasteiger partial charge >= 0.3 is 5.97 Å². The van der Waals surface area contributed by atoms with Gasteiger partial charge in [-0.2, -0.15) is 0 Å². The lowest BCUT2D eigenvalue weighted by atomic mass is 9.72. The standard InChI is InChI=1S/C20H27NO4/c1-14-3-4-16(15(2)11-14)5-6-18(22)21-12-17(19(23)24)20(13-21)7-9-25-10-8-20/h3-4,11,17H,5-10,12-13H2,1-2H3,(H,23,24). The Morgan fingerprint density at radius 3 is 2.64 bits per heavy atom. The highest BCUT2D eigenvalue weighted by Crippen LogP contribution is 2.44. The van der Waals surface area contributed by atoms with Gasteiger partial charge in [0, 0.05) is 38.1 Å². The summed E-state index contributed by atoms with van der Waals surface area (Å²) in [7, 11) is 0. The highest BCUT2D eigenvalue weighted by Gasteiger charge is 2.51. The van der Waals surface area contributed by atoms with E-state index in [0.717, 1.165) is 12.8 Å². The third kappa shape index (κ3) is 3.71. The normalized spacial score (nSPS) is 22.3. The Kier molecular flexibility index (Phi) is 5.13. The Hall–Kier alpha value is -1.88. The third-order valence-electron chi connectivity index (χ3n) is 5.89. The molecular formula is C20H27NO4. The molecule has 25 heavy (non-hydrogen) atoms. The van der Waals surface area contributed by atoms with Crippen LogP contribution in [0.5, 0.6) is 0 Å². The van der Waals surface area contributed by atoms with E-state index in [-0.39, 0.29) is 11.3 Å². The summed E-state index contributed by atoms with van der Waals surface area (Å²) in [5.74, 6) is -1.19. The van der Waals surface area contributed by atoms with E-state index < -0.39 is 11.9 Å². The predicted molar refractivity (Wildman–Crippen MR) is 94.4 cm³/mol. The van der Waals surface area contributed by atoms with Crippen LogP contribution in [0, 0.1) is 25.2 Å². The molecule has 1 aromatic carbocycles. The van der Waals surface area contributed by atoms with E-state index in [1.807, 2.05) is 0 Å². The molecule has 2 fully saturated rings. The van der Waals surface area contributed by atoms with Gasteiger partial charge in [0.25, 0.3) is 0 Å². The van der Waals surface area contributed by atoms with Gasteiger partial charge in [0.15, 0.2) is 0 Å². The fourth-order valence-corrected chi connectivity index (χ4v) is 4.31. The Labute approximate surface area is 149 Å². The Balaban J connectivity index is 1.65. The number of carboxylic acid groups (broad SMARTS) is 1. The third-order valence-corrected chi connectivity index (χ3v) is 5.89. The van der Waals surface area contributed by atoms with Crippen molar-refractivity contribution in [1.82, 2.24) is 4.90 Å². The molecule has 2 saturated heterocycles. The summed E-state index contributed by atoms with van der Waals surface area (Å²) in [5, 5.41) is 9.62. The second-order valence-corrected chi connectivity index (χ2v) is 7.57. The molecule has 1 N–H and O–H groups in total. The number of nitrogens with zero attached hydrogens (tertiary/aromatic N) is 1. The minimum atomic E-state index is -0.786. The number of aliphatic carboxylic acids is 1. The zero-order valence-corrected chi connectivity index (χ0v) is 15.1. The predicted octanol–water partition coefficient (Wildman–Crippen LogP) is 2.58. The van der Waals surface area contributed by atoms with Crippen LogP contribution >= 0.6 is 0 Å². The summed E-state index contributed by atoms with van der Waals surface area (Å²) in [6, 6.07) is 6.29. The van der Waals surface area contributed by atoms with Crippen LogP contribution in [0.4, 0.5) is 0 Å². The number of likely N-dealkylation sites (tertiary alicyclic amines) is 1. The smallest absolute Gasteiger partial charge is 0.308 e. The van der Waals surface area contributed by atoms with Gasteiger partial charge in [-0.05, 0) is 44.2 Å². The minimum absolute atomic E-state index is 0.0644. The summed E-state index contributed by atoms with van der Waals surface area (Å²) in [6.07, 6.45) is 2.59. The van der Waals surface area contributed by atoms with Gasteiger partial charge in [-0.25, -0.2) is 0 Å². The molecule has 2 aliphatic heterocycles. The molecule has 5 nitrogen and oxygen atoms in total. The van der Waals surface area contributed by atoms with Gasteiger partial charge in [0.1, 0.15) is 0 Å². The average molecular weight is 345 g/mol. The van der Waals surface area contributed by atoms with Gasteiger partial charge in [0.2, 0.25) is 5.91 Å². The van der Waals surface area contributed by atoms with Crippen molar-refractivity contribution in [2.75, 3.05) is 26.3 Å². The highest BCUT2D eigenvalue weighted by atomic mass is 16.5. The number of carbonyl (C=O) groups is 2. The molecule has 0 aliphatic carbocycles. The van der Waals surface area contributed by atoms with Crippen molar-refractivity contribution in [3.8, 4) is 0 Å². The van der Waals surface area contributed by atoms with Crippen LogP contribution in [0.1, 0.15) is 36.0 Å². The maximum atomic E-state index is 12.7. The molecule has 0 aromatic heterocycles. The van der Waals surface area contributed by atoms with Crippen LogP contribution < -0.4 is 0 Å². The first-order valence-corrected chi connectivity index (χ1v) is 9.06. The van der Waals surface area contributed by atoms with E-state index in [2.05, 4.69) is 32.0 Å². The van der Waals surface area contributed by atoms with E-state index in [1.165, 1.54) is 16.7 Å². The fourth-order valence-electron chi connectivity index (χ4n) is 4.31. The maximum Gasteiger partial charge on any atom is 0.308 e. The zero-order chi connectivity index (χ0) is 18.0. The lowest BCUT2D eigenvalue weighted by Gasteiger charge is -2.36. The fraction of sp³-hybridized carbons (Fsp3) is 0.600. The monoisotopic (exact) mass is 345 g/mol. The highest BCUT2D eigenvalue weighted by molar-refractivity contribution is 5.79. The van der Waals surface area contributed by atoms with E-state index >= 15 is 0 Å². The summed E-state index contributed by atoms with van der Waals surface area (Å²) < 4.78 is 5.41. The van der Waals surface area contributed by atoms with Gasteiger partial charge in [0.05, 0.1) is 5.92 Å². The van der Waals surface area contributed by atoms with Gasteiger partial charge in [-0.3, -0.25) is 9.59 Å². The van der Waals surface area contributed by atoms with Crippen LogP contribution in [0.15, 0.2) is 18.2 Å². The number of carbonyl (C=O) groups excluding carboxylic acids is 1. The number of ether oxygens (including phenoxy) is 1. The number of hydrogen-bond acceptors (Lipinski definition) is 3. The summed E-state index contributed by atoms with van der Waals surface area (Å²) in [6.45, 7) is 6.20. The van der Waals surface area contributed by atoms with Gasteiger partial charge in [-0.15, -0.1) is 0 Å². The van der Waals surface area contributed by atoms with Crippen molar-refractivity contribution in [2.24, 2.45) is 11.3 Å². The number of amides is 1. The van der Waals surface area contributed by atoms with Crippen molar-refractivity contribution in [3.05, 3.63) is 34.9 Å². The molecule has 136 valence electrons. The number of rotatable bonds is 4. The van der Waals surface area contributed by atoms with Crippen molar-refractivity contribution in [2.45, 2.75) is 39.5 Å².